The standard InChI is InChI=1S/C16H14Cl2N2O3/c1-22-12-6-11(7-13(8-12)23-2)16(21)20-19-9-10-4-3-5-14(17)15(10)18/h3-9H,1-2H3,(H,20,21)/b19-9+. The molecule has 0 spiro atoms. The average Bonchev–Trinajstić information content (AvgIpc) is 2.57. The molecule has 2 aromatic rings. The molecule has 0 heterocycles. The maximum absolute atomic E-state index is 12.1. The topological polar surface area (TPSA) is 59.9 Å². The number of hydrogen-bond donors (Lipinski definition) is 1. The first-order valence-corrected chi connectivity index (χ1v) is 7.31. The zero-order valence-corrected chi connectivity index (χ0v) is 14.0. The molecule has 0 fully saturated rings. The number of amides is 1. The summed E-state index contributed by atoms with van der Waals surface area (Å²) in [4.78, 5) is 12.1. The predicted octanol–water partition coefficient (Wildman–Crippen LogP) is 3.77. The van der Waals surface area contributed by atoms with Gasteiger partial charge in [-0.3, -0.25) is 4.79 Å². The number of ether oxygens (including phenoxy) is 2. The quantitative estimate of drug-likeness (QED) is 0.658. The maximum Gasteiger partial charge on any atom is 0.271 e. The van der Waals surface area contributed by atoms with E-state index in [1.54, 1.807) is 36.4 Å². The summed E-state index contributed by atoms with van der Waals surface area (Å²) < 4.78 is 10.2. The lowest BCUT2D eigenvalue weighted by atomic mass is 10.2. The Hall–Kier alpha value is -2.24. The van der Waals surface area contributed by atoms with E-state index < -0.39 is 5.91 Å². The second kappa shape index (κ2) is 7.85. The Morgan fingerprint density at radius 1 is 1.13 bits per heavy atom. The molecule has 0 saturated carbocycles. The van der Waals surface area contributed by atoms with E-state index in [1.807, 2.05) is 0 Å². The molecule has 0 aliphatic heterocycles. The van der Waals surface area contributed by atoms with Crippen molar-refractivity contribution in [3.8, 4) is 11.5 Å². The molecule has 0 radical (unpaired) electrons. The molecule has 1 N–H and O–H groups in total. The van der Waals surface area contributed by atoms with Gasteiger partial charge in [0.25, 0.3) is 5.91 Å². The van der Waals surface area contributed by atoms with Gasteiger partial charge in [-0.05, 0) is 18.2 Å². The lowest BCUT2D eigenvalue weighted by molar-refractivity contribution is 0.0954. The summed E-state index contributed by atoms with van der Waals surface area (Å²) in [5.41, 5.74) is 3.37. The molecule has 0 saturated heterocycles. The van der Waals surface area contributed by atoms with Gasteiger partial charge in [-0.25, -0.2) is 5.43 Å². The number of rotatable bonds is 5. The predicted molar refractivity (Wildman–Crippen MR) is 91.1 cm³/mol. The Kier molecular flexibility index (Phi) is 5.84. The van der Waals surface area contributed by atoms with Crippen LogP contribution in [0, 0.1) is 0 Å². The number of nitrogens with zero attached hydrogens (tertiary/aromatic N) is 1. The van der Waals surface area contributed by atoms with E-state index in [9.17, 15) is 4.79 Å². The summed E-state index contributed by atoms with van der Waals surface area (Å²) >= 11 is 11.9. The molecule has 2 rings (SSSR count). The highest BCUT2D eigenvalue weighted by atomic mass is 35.5. The first kappa shape index (κ1) is 17.1. The van der Waals surface area contributed by atoms with E-state index in [4.69, 9.17) is 32.7 Å². The van der Waals surface area contributed by atoms with Gasteiger partial charge in [0.1, 0.15) is 11.5 Å². The SMILES string of the molecule is COc1cc(OC)cc(C(=O)N/N=C/c2cccc(Cl)c2Cl)c1. The van der Waals surface area contributed by atoms with Gasteiger partial charge in [-0.2, -0.15) is 5.10 Å². The van der Waals surface area contributed by atoms with Crippen molar-refractivity contribution in [3.63, 3.8) is 0 Å². The van der Waals surface area contributed by atoms with Crippen LogP contribution in [0.2, 0.25) is 10.0 Å². The van der Waals surface area contributed by atoms with Gasteiger partial charge < -0.3 is 9.47 Å². The summed E-state index contributed by atoms with van der Waals surface area (Å²) in [6.07, 6.45) is 1.42. The van der Waals surface area contributed by atoms with E-state index in [0.717, 1.165) is 0 Å². The molecule has 0 bridgehead atoms. The third-order valence-corrected chi connectivity index (χ3v) is 3.80. The Balaban J connectivity index is 2.13. The van der Waals surface area contributed by atoms with Crippen LogP contribution in [0.3, 0.4) is 0 Å². The van der Waals surface area contributed by atoms with Crippen LogP contribution in [-0.4, -0.2) is 26.3 Å². The number of nitrogens with one attached hydrogen (secondary N) is 1. The van der Waals surface area contributed by atoms with Gasteiger partial charge in [0.15, 0.2) is 0 Å². The molecule has 5 nitrogen and oxygen atoms in total. The number of benzene rings is 2. The molecule has 23 heavy (non-hydrogen) atoms. The van der Waals surface area contributed by atoms with Crippen molar-refractivity contribution in [2.45, 2.75) is 0 Å². The Morgan fingerprint density at radius 3 is 2.39 bits per heavy atom. The average molecular weight is 353 g/mol. The van der Waals surface area contributed by atoms with Crippen LogP contribution in [-0.2, 0) is 0 Å². The molecular weight excluding hydrogens is 339 g/mol. The van der Waals surface area contributed by atoms with Crippen molar-refractivity contribution in [1.82, 2.24) is 5.43 Å². The molecule has 0 unspecified atom stereocenters. The van der Waals surface area contributed by atoms with Crippen molar-refractivity contribution in [3.05, 3.63) is 57.6 Å². The highest BCUT2D eigenvalue weighted by Gasteiger charge is 2.09. The van der Waals surface area contributed by atoms with Crippen LogP contribution >= 0.6 is 23.2 Å². The third-order valence-electron chi connectivity index (χ3n) is 2.96. The minimum atomic E-state index is -0.406. The molecule has 0 aliphatic carbocycles. The molecule has 0 atom stereocenters. The van der Waals surface area contributed by atoms with Crippen molar-refractivity contribution in [1.29, 1.82) is 0 Å². The van der Waals surface area contributed by atoms with E-state index in [2.05, 4.69) is 10.5 Å². The summed E-state index contributed by atoms with van der Waals surface area (Å²) in [5.74, 6) is 0.615. The lowest BCUT2D eigenvalue weighted by Crippen LogP contribution is -2.17. The van der Waals surface area contributed by atoms with Crippen molar-refractivity contribution < 1.29 is 14.3 Å². The van der Waals surface area contributed by atoms with Gasteiger partial charge in [0.2, 0.25) is 0 Å². The number of hydrazone groups is 1. The summed E-state index contributed by atoms with van der Waals surface area (Å²) in [7, 11) is 3.02. The van der Waals surface area contributed by atoms with Gasteiger partial charge in [0.05, 0.1) is 30.5 Å². The molecular formula is C16H14Cl2N2O3. The Labute approximate surface area is 143 Å². The third kappa shape index (κ3) is 4.37. The summed E-state index contributed by atoms with van der Waals surface area (Å²) in [5, 5.41) is 4.67. The van der Waals surface area contributed by atoms with Gasteiger partial charge in [-0.1, -0.05) is 35.3 Å². The second-order valence-corrected chi connectivity index (χ2v) is 5.23. The molecule has 0 aliphatic rings. The molecule has 2 aromatic carbocycles. The van der Waals surface area contributed by atoms with E-state index in [-0.39, 0.29) is 0 Å². The number of hydrogen-bond acceptors (Lipinski definition) is 4. The van der Waals surface area contributed by atoms with E-state index >= 15 is 0 Å². The zero-order valence-electron chi connectivity index (χ0n) is 12.5. The fourth-order valence-corrected chi connectivity index (χ4v) is 2.14. The highest BCUT2D eigenvalue weighted by Crippen LogP contribution is 2.24. The van der Waals surface area contributed by atoms with E-state index in [0.29, 0.717) is 32.7 Å². The highest BCUT2D eigenvalue weighted by molar-refractivity contribution is 6.43. The number of carbonyl (C=O) groups is 1. The van der Waals surface area contributed by atoms with Crippen LogP contribution in [0.4, 0.5) is 0 Å². The first-order valence-electron chi connectivity index (χ1n) is 6.55. The van der Waals surface area contributed by atoms with Crippen molar-refractivity contribution in [2.24, 2.45) is 5.10 Å². The van der Waals surface area contributed by atoms with Crippen LogP contribution in [0.5, 0.6) is 11.5 Å². The fourth-order valence-electron chi connectivity index (χ4n) is 1.78. The Bertz CT molecular complexity index is 726. The molecule has 1 amide bonds. The smallest absolute Gasteiger partial charge is 0.271 e. The van der Waals surface area contributed by atoms with Crippen LogP contribution in [0.25, 0.3) is 0 Å². The van der Waals surface area contributed by atoms with Gasteiger partial charge in [-0.15, -0.1) is 0 Å². The summed E-state index contributed by atoms with van der Waals surface area (Å²) in [6.45, 7) is 0. The zero-order chi connectivity index (χ0) is 16.8. The largest absolute Gasteiger partial charge is 0.497 e. The number of halogens is 2. The monoisotopic (exact) mass is 352 g/mol. The lowest BCUT2D eigenvalue weighted by Gasteiger charge is -2.07. The number of methoxy groups -OCH3 is 2. The van der Waals surface area contributed by atoms with Gasteiger partial charge >= 0.3 is 0 Å². The maximum atomic E-state index is 12.1. The second-order valence-electron chi connectivity index (χ2n) is 4.44. The number of carbonyl (C=O) groups excluding carboxylic acids is 1. The Morgan fingerprint density at radius 2 is 1.78 bits per heavy atom. The van der Waals surface area contributed by atoms with Gasteiger partial charge in [0, 0.05) is 17.2 Å². The molecule has 0 aromatic heterocycles. The van der Waals surface area contributed by atoms with Crippen molar-refractivity contribution in [2.75, 3.05) is 14.2 Å². The first-order chi connectivity index (χ1) is 11.0. The van der Waals surface area contributed by atoms with Crippen molar-refractivity contribution >= 4 is 35.3 Å². The normalized spacial score (nSPS) is 10.6. The van der Waals surface area contributed by atoms with Crippen LogP contribution in [0.1, 0.15) is 15.9 Å². The fraction of sp³-hybridized carbons (Fsp3) is 0.125. The minimum Gasteiger partial charge on any atom is -0.497 e. The minimum absolute atomic E-state index is 0.357. The van der Waals surface area contributed by atoms with Crippen LogP contribution in [0.15, 0.2) is 41.5 Å². The summed E-state index contributed by atoms with van der Waals surface area (Å²) in [6, 6.07) is 9.98. The van der Waals surface area contributed by atoms with Crippen LogP contribution < -0.4 is 14.9 Å². The molecule has 7 heteroatoms. The van der Waals surface area contributed by atoms with E-state index in [1.165, 1.54) is 20.4 Å². The molecule has 120 valence electrons.